The van der Waals surface area contributed by atoms with Crippen molar-refractivity contribution < 1.29 is 9.90 Å². The highest BCUT2D eigenvalue weighted by atomic mass is 16.4. The quantitative estimate of drug-likeness (QED) is 0.842. The highest BCUT2D eigenvalue weighted by Crippen LogP contribution is 2.05. The molecule has 0 saturated heterocycles. The molecule has 5 nitrogen and oxygen atoms in total. The second-order valence-electron chi connectivity index (χ2n) is 3.60. The summed E-state index contributed by atoms with van der Waals surface area (Å²) in [4.78, 5) is 10.6. The van der Waals surface area contributed by atoms with E-state index in [1.165, 1.54) is 10.9 Å². The van der Waals surface area contributed by atoms with Crippen molar-refractivity contribution in [3.8, 4) is 0 Å². The monoisotopic (exact) mass is 217 g/mol. The van der Waals surface area contributed by atoms with Crippen molar-refractivity contribution in [2.75, 3.05) is 0 Å². The van der Waals surface area contributed by atoms with Gasteiger partial charge in [-0.3, -0.25) is 0 Å². The van der Waals surface area contributed by atoms with Crippen molar-refractivity contribution in [1.29, 1.82) is 0 Å². The topological polar surface area (TPSA) is 68.0 Å². The molecule has 0 aliphatic rings. The van der Waals surface area contributed by atoms with Crippen molar-refractivity contribution in [3.05, 3.63) is 47.3 Å². The van der Waals surface area contributed by atoms with E-state index in [9.17, 15) is 4.79 Å². The second-order valence-corrected chi connectivity index (χ2v) is 3.60. The number of rotatable bonds is 3. The van der Waals surface area contributed by atoms with Gasteiger partial charge in [0.1, 0.15) is 0 Å². The zero-order chi connectivity index (χ0) is 11.5. The highest BCUT2D eigenvalue weighted by Gasteiger charge is 2.07. The van der Waals surface area contributed by atoms with Crippen LogP contribution in [0.1, 0.15) is 21.6 Å². The van der Waals surface area contributed by atoms with Crippen LogP contribution in [0.25, 0.3) is 0 Å². The third-order valence-electron chi connectivity index (χ3n) is 2.18. The first-order valence-corrected chi connectivity index (χ1v) is 4.84. The average Bonchev–Trinajstić information content (AvgIpc) is 2.66. The summed E-state index contributed by atoms with van der Waals surface area (Å²) in [7, 11) is 0. The molecule has 1 N–H and O–H groups in total. The van der Waals surface area contributed by atoms with Gasteiger partial charge >= 0.3 is 5.97 Å². The van der Waals surface area contributed by atoms with Crippen molar-refractivity contribution in [2.45, 2.75) is 13.5 Å². The number of carboxylic acids is 1. The minimum absolute atomic E-state index is 0.0346. The number of carboxylic acid groups (broad SMARTS) is 1. The molecule has 2 aromatic rings. The van der Waals surface area contributed by atoms with Crippen LogP contribution in [0.15, 0.2) is 30.5 Å². The van der Waals surface area contributed by atoms with Crippen molar-refractivity contribution in [2.24, 2.45) is 0 Å². The fraction of sp³-hybridized carbons (Fsp3) is 0.182. The van der Waals surface area contributed by atoms with Crippen LogP contribution >= 0.6 is 0 Å². The molecule has 0 amide bonds. The first-order valence-electron chi connectivity index (χ1n) is 4.84. The molecule has 0 bridgehead atoms. The summed E-state index contributed by atoms with van der Waals surface area (Å²) in [6.45, 7) is 2.54. The molecule has 0 spiro atoms. The van der Waals surface area contributed by atoms with Gasteiger partial charge < -0.3 is 5.11 Å². The van der Waals surface area contributed by atoms with Gasteiger partial charge in [0.05, 0.1) is 12.7 Å². The minimum Gasteiger partial charge on any atom is -0.476 e. The molecular weight excluding hydrogens is 206 g/mol. The van der Waals surface area contributed by atoms with Crippen LogP contribution in [0.4, 0.5) is 0 Å². The summed E-state index contributed by atoms with van der Waals surface area (Å²) in [5, 5.41) is 16.0. The number of aromatic carboxylic acids is 1. The van der Waals surface area contributed by atoms with Crippen LogP contribution in [0.2, 0.25) is 0 Å². The van der Waals surface area contributed by atoms with Gasteiger partial charge in [-0.05, 0) is 12.5 Å². The minimum atomic E-state index is -1.06. The van der Waals surface area contributed by atoms with Gasteiger partial charge in [0.2, 0.25) is 0 Å². The predicted molar refractivity (Wildman–Crippen MR) is 57.3 cm³/mol. The van der Waals surface area contributed by atoms with Crippen LogP contribution in [0.5, 0.6) is 0 Å². The first-order chi connectivity index (χ1) is 7.65. The highest BCUT2D eigenvalue weighted by molar-refractivity contribution is 5.84. The van der Waals surface area contributed by atoms with E-state index in [1.54, 1.807) is 0 Å². The lowest BCUT2D eigenvalue weighted by Crippen LogP contribution is -2.00. The van der Waals surface area contributed by atoms with Crippen molar-refractivity contribution in [1.82, 2.24) is 15.0 Å². The van der Waals surface area contributed by atoms with Gasteiger partial charge in [-0.15, -0.1) is 5.10 Å². The Kier molecular flexibility index (Phi) is 2.68. The lowest BCUT2D eigenvalue weighted by atomic mass is 10.1. The molecule has 1 heterocycles. The van der Waals surface area contributed by atoms with Gasteiger partial charge in [0.25, 0.3) is 0 Å². The third-order valence-corrected chi connectivity index (χ3v) is 2.18. The fourth-order valence-corrected chi connectivity index (χ4v) is 1.47. The molecule has 0 fully saturated rings. The lowest BCUT2D eigenvalue weighted by molar-refractivity contribution is 0.0690. The number of nitrogens with zero attached hydrogens (tertiary/aromatic N) is 3. The Labute approximate surface area is 92.3 Å². The molecule has 0 aliphatic carbocycles. The van der Waals surface area contributed by atoms with E-state index in [1.807, 2.05) is 31.2 Å². The van der Waals surface area contributed by atoms with Gasteiger partial charge in [-0.1, -0.05) is 35.0 Å². The Balaban J connectivity index is 2.17. The van der Waals surface area contributed by atoms with Gasteiger partial charge in [0, 0.05) is 0 Å². The van der Waals surface area contributed by atoms with E-state index in [4.69, 9.17) is 5.11 Å². The second kappa shape index (κ2) is 4.14. The van der Waals surface area contributed by atoms with Crippen molar-refractivity contribution in [3.63, 3.8) is 0 Å². The lowest BCUT2D eigenvalue weighted by Gasteiger charge is -2.01. The Morgan fingerprint density at radius 1 is 1.50 bits per heavy atom. The van der Waals surface area contributed by atoms with Crippen LogP contribution in [0.3, 0.4) is 0 Å². The van der Waals surface area contributed by atoms with E-state index in [0.29, 0.717) is 6.54 Å². The number of carbonyl (C=O) groups is 1. The molecular formula is C11H11N3O2. The standard InChI is InChI=1S/C11H11N3O2/c1-8-3-2-4-9(5-8)6-14-7-10(11(15)16)12-13-14/h2-5,7H,6H2,1H3,(H,15,16). The molecule has 0 radical (unpaired) electrons. The van der Waals surface area contributed by atoms with Crippen LogP contribution < -0.4 is 0 Å². The number of aryl methyl sites for hydroxylation is 1. The van der Waals surface area contributed by atoms with Crippen LogP contribution in [-0.2, 0) is 6.54 Å². The van der Waals surface area contributed by atoms with E-state index in [-0.39, 0.29) is 5.69 Å². The maximum atomic E-state index is 10.6. The van der Waals surface area contributed by atoms with Crippen LogP contribution in [-0.4, -0.2) is 26.1 Å². The Morgan fingerprint density at radius 2 is 2.31 bits per heavy atom. The largest absolute Gasteiger partial charge is 0.476 e. The Bertz CT molecular complexity index is 519. The molecule has 16 heavy (non-hydrogen) atoms. The number of aromatic nitrogens is 3. The number of hydrogen-bond acceptors (Lipinski definition) is 3. The van der Waals surface area contributed by atoms with E-state index < -0.39 is 5.97 Å². The summed E-state index contributed by atoms with van der Waals surface area (Å²) in [5.74, 6) is -1.06. The normalized spacial score (nSPS) is 10.3. The maximum absolute atomic E-state index is 10.6. The summed E-state index contributed by atoms with van der Waals surface area (Å²) in [6.07, 6.45) is 1.42. The molecule has 1 aromatic heterocycles. The smallest absolute Gasteiger partial charge is 0.358 e. The summed E-state index contributed by atoms with van der Waals surface area (Å²) < 4.78 is 1.51. The summed E-state index contributed by atoms with van der Waals surface area (Å²) in [5.41, 5.74) is 2.20. The van der Waals surface area contributed by atoms with E-state index >= 15 is 0 Å². The Hall–Kier alpha value is -2.17. The fourth-order valence-electron chi connectivity index (χ4n) is 1.47. The zero-order valence-corrected chi connectivity index (χ0v) is 8.79. The van der Waals surface area contributed by atoms with Crippen molar-refractivity contribution >= 4 is 5.97 Å². The van der Waals surface area contributed by atoms with Gasteiger partial charge in [-0.25, -0.2) is 9.48 Å². The third kappa shape index (κ3) is 2.25. The molecule has 0 unspecified atom stereocenters. The summed E-state index contributed by atoms with van der Waals surface area (Å²) >= 11 is 0. The summed E-state index contributed by atoms with van der Waals surface area (Å²) in [6, 6.07) is 7.96. The molecule has 0 atom stereocenters. The van der Waals surface area contributed by atoms with Gasteiger partial charge in [0.15, 0.2) is 5.69 Å². The van der Waals surface area contributed by atoms with E-state index in [2.05, 4.69) is 10.3 Å². The number of hydrogen-bond donors (Lipinski definition) is 1. The van der Waals surface area contributed by atoms with E-state index in [0.717, 1.165) is 11.1 Å². The molecule has 82 valence electrons. The zero-order valence-electron chi connectivity index (χ0n) is 8.79. The Morgan fingerprint density at radius 3 is 2.94 bits per heavy atom. The predicted octanol–water partition coefficient (Wildman–Crippen LogP) is 1.33. The van der Waals surface area contributed by atoms with Crippen LogP contribution in [0, 0.1) is 6.92 Å². The average molecular weight is 217 g/mol. The molecule has 2 rings (SSSR count). The number of benzene rings is 1. The molecule has 0 saturated carbocycles. The molecule has 1 aromatic carbocycles. The molecule has 0 aliphatic heterocycles. The van der Waals surface area contributed by atoms with Gasteiger partial charge in [-0.2, -0.15) is 0 Å². The maximum Gasteiger partial charge on any atom is 0.358 e. The first kappa shape index (κ1) is 10.4. The molecule has 5 heteroatoms. The SMILES string of the molecule is Cc1cccc(Cn2cc(C(=O)O)nn2)c1.